The molecule has 0 bridgehead atoms. The third-order valence-corrected chi connectivity index (χ3v) is 8.56. The van der Waals surface area contributed by atoms with Gasteiger partial charge in [0.05, 0.1) is 17.9 Å². The fraction of sp³-hybridized carbons (Fsp3) is 0.565. The van der Waals surface area contributed by atoms with E-state index in [1.54, 1.807) is 17.9 Å². The maximum absolute atomic E-state index is 13.4. The summed E-state index contributed by atoms with van der Waals surface area (Å²) in [6, 6.07) is 1.65. The van der Waals surface area contributed by atoms with Gasteiger partial charge < -0.3 is 6.74 Å². The number of hydrogen-bond donors (Lipinski definition) is 2. The van der Waals surface area contributed by atoms with Crippen LogP contribution >= 0.6 is 0 Å². The van der Waals surface area contributed by atoms with Gasteiger partial charge in [0.25, 0.3) is 0 Å². The van der Waals surface area contributed by atoms with E-state index < -0.39 is 16.2 Å². The predicted octanol–water partition coefficient (Wildman–Crippen LogP) is -0.520. The summed E-state index contributed by atoms with van der Waals surface area (Å²) in [6.45, 7) is 5.38. The number of hydrogen-bond acceptors (Lipinski definition) is 5. The minimum atomic E-state index is -4.13. The normalized spacial score (nSPS) is 17.6. The zero-order chi connectivity index (χ0) is 23.3. The van der Waals surface area contributed by atoms with Gasteiger partial charge in [-0.1, -0.05) is 6.07 Å². The van der Waals surface area contributed by atoms with Crippen LogP contribution in [0.2, 0.25) is 0 Å². The van der Waals surface area contributed by atoms with Gasteiger partial charge in [0.2, 0.25) is 0 Å². The first-order chi connectivity index (χ1) is 15.7. The number of amides is 2. The first-order valence-corrected chi connectivity index (χ1v) is 13.2. The number of carbonyl (C=O) groups excluding carboxylic acids is 1. The second kappa shape index (κ2) is 9.81. The number of nitrogens with one attached hydrogen (secondary N) is 2. The number of carbonyl (C=O) groups is 1. The smallest absolute Gasteiger partial charge is 1.00 e. The average molecular weight is 497 g/mol. The monoisotopic (exact) mass is 496 g/mol. The van der Waals surface area contributed by atoms with Gasteiger partial charge in [0.1, 0.15) is 0 Å². The van der Waals surface area contributed by atoms with Crippen LogP contribution in [0.3, 0.4) is 0 Å². The molecule has 1 fully saturated rings. The number of likely N-dealkylation sites (tertiary alicyclic amines) is 1. The number of nitrogens with zero attached hydrogens (tertiary/aromatic N) is 4. The topological polar surface area (TPSA) is 99.6 Å². The number of benzene rings is 1. The van der Waals surface area contributed by atoms with Crippen LogP contribution in [0.1, 0.15) is 50.4 Å². The van der Waals surface area contributed by atoms with Crippen molar-refractivity contribution in [3.8, 4) is 0 Å². The first-order valence-electron chi connectivity index (χ1n) is 11.8. The van der Waals surface area contributed by atoms with Gasteiger partial charge in [-0.15, -0.1) is 0 Å². The summed E-state index contributed by atoms with van der Waals surface area (Å²) >= 11 is 0. The second-order valence-corrected chi connectivity index (χ2v) is 11.2. The Labute approximate surface area is 225 Å². The minimum Gasteiger partial charge on any atom is -1.00 e. The van der Waals surface area contributed by atoms with Gasteiger partial charge in [0.15, 0.2) is 0 Å². The Morgan fingerprint density at radius 2 is 1.76 bits per heavy atom. The van der Waals surface area contributed by atoms with E-state index >= 15 is 0 Å². The fourth-order valence-electron chi connectivity index (χ4n) is 5.40. The molecule has 2 amide bonds. The molecule has 5 rings (SSSR count). The third-order valence-electron chi connectivity index (χ3n) is 7.09. The molecule has 2 N–H and O–H groups in total. The number of aromatic nitrogens is 2. The third kappa shape index (κ3) is 4.75. The van der Waals surface area contributed by atoms with Gasteiger partial charge in [-0.25, -0.2) is 13.8 Å². The Balaban J connectivity index is 0.00000171. The SMILES string of the molecule is CC(C)N1CC(N(c2cnn(C)c2)S(=O)(=O)NC(=O)Nc2c3c(cc4c2CCC4)CCC3)C1.[H-].[Na+]. The molecule has 2 aromatic rings. The molecule has 1 aromatic carbocycles. The van der Waals surface area contributed by atoms with Crippen molar-refractivity contribution < 1.29 is 44.2 Å². The summed E-state index contributed by atoms with van der Waals surface area (Å²) in [6.07, 6.45) is 9.17. The van der Waals surface area contributed by atoms with E-state index in [9.17, 15) is 13.2 Å². The van der Waals surface area contributed by atoms with Gasteiger partial charge >= 0.3 is 45.8 Å². The van der Waals surface area contributed by atoms with Crippen molar-refractivity contribution >= 4 is 27.6 Å². The quantitative estimate of drug-likeness (QED) is 0.525. The van der Waals surface area contributed by atoms with Crippen molar-refractivity contribution in [3.05, 3.63) is 40.7 Å². The Kier molecular flexibility index (Phi) is 7.36. The van der Waals surface area contributed by atoms with Crippen molar-refractivity contribution in [2.45, 2.75) is 64.5 Å². The molecule has 0 spiro atoms. The fourth-order valence-corrected chi connectivity index (χ4v) is 6.68. The number of rotatable bonds is 6. The maximum Gasteiger partial charge on any atom is 1.00 e. The molecule has 34 heavy (non-hydrogen) atoms. The molecular weight excluding hydrogens is 463 g/mol. The van der Waals surface area contributed by atoms with E-state index in [-0.39, 0.29) is 37.0 Å². The molecule has 0 unspecified atom stereocenters. The molecule has 0 saturated carbocycles. The van der Waals surface area contributed by atoms with E-state index in [1.165, 1.54) is 32.8 Å². The summed E-state index contributed by atoms with van der Waals surface area (Å²) in [5.74, 6) is 0. The zero-order valence-electron chi connectivity index (χ0n) is 21.5. The Hall–Kier alpha value is -1.59. The van der Waals surface area contributed by atoms with Crippen LogP contribution < -0.4 is 43.9 Å². The number of urea groups is 1. The standard InChI is InChI=1S/C23H32N6O3S.Na.H/c1-15(2)28-13-19(14-28)29(18-11-24-27(3)12-18)33(31,32)26-23(30)25-22-20-8-4-6-16(20)10-17-7-5-9-21(17)22;;/h10-12,15,19H,4-9,13-14H2,1-3H3,(H2,25,26,30);;/q;+1;-1. The Morgan fingerprint density at radius 1 is 1.15 bits per heavy atom. The van der Waals surface area contributed by atoms with Crippen molar-refractivity contribution in [2.24, 2.45) is 7.05 Å². The van der Waals surface area contributed by atoms with Crippen molar-refractivity contribution in [1.29, 1.82) is 0 Å². The molecule has 1 aromatic heterocycles. The van der Waals surface area contributed by atoms with Crippen molar-refractivity contribution in [1.82, 2.24) is 19.4 Å². The molecule has 3 aliphatic rings. The molecule has 0 radical (unpaired) electrons. The molecular formula is C23H33N6NaO3S. The summed E-state index contributed by atoms with van der Waals surface area (Å²) < 4.78 is 32.0. The number of fused-ring (bicyclic) bond motifs is 2. The molecule has 2 heterocycles. The largest absolute Gasteiger partial charge is 1.00 e. The Bertz CT molecular complexity index is 1160. The van der Waals surface area contributed by atoms with Crippen LogP contribution in [0, 0.1) is 0 Å². The maximum atomic E-state index is 13.4. The first kappa shape index (κ1) is 25.5. The molecule has 1 saturated heterocycles. The van der Waals surface area contributed by atoms with E-state index in [4.69, 9.17) is 0 Å². The van der Waals surface area contributed by atoms with Crippen LogP contribution in [0.4, 0.5) is 16.2 Å². The second-order valence-electron chi connectivity index (χ2n) is 9.66. The van der Waals surface area contributed by atoms with Crippen LogP contribution in [0.15, 0.2) is 18.5 Å². The summed E-state index contributed by atoms with van der Waals surface area (Å²) in [7, 11) is -2.39. The summed E-state index contributed by atoms with van der Waals surface area (Å²) in [5.41, 5.74) is 6.18. The van der Waals surface area contributed by atoms with Gasteiger partial charge in [0, 0.05) is 38.1 Å². The van der Waals surface area contributed by atoms with E-state index in [1.807, 2.05) is 0 Å². The molecule has 180 valence electrons. The molecule has 2 aliphatic carbocycles. The van der Waals surface area contributed by atoms with E-state index in [0.717, 1.165) is 44.2 Å². The van der Waals surface area contributed by atoms with Gasteiger partial charge in [-0.2, -0.15) is 13.5 Å². The van der Waals surface area contributed by atoms with Crippen LogP contribution in [0.5, 0.6) is 0 Å². The van der Waals surface area contributed by atoms with Crippen LogP contribution in [0.25, 0.3) is 0 Å². The molecule has 11 heteroatoms. The molecule has 9 nitrogen and oxygen atoms in total. The van der Waals surface area contributed by atoms with Gasteiger partial charge in [-0.3, -0.25) is 9.58 Å². The van der Waals surface area contributed by atoms with E-state index in [2.05, 4.69) is 40.0 Å². The Morgan fingerprint density at radius 3 is 2.29 bits per heavy atom. The summed E-state index contributed by atoms with van der Waals surface area (Å²) in [4.78, 5) is 15.2. The number of aryl methyl sites for hydroxylation is 3. The average Bonchev–Trinajstić information content (AvgIpc) is 3.43. The minimum absolute atomic E-state index is 0. The number of anilines is 2. The van der Waals surface area contributed by atoms with Crippen molar-refractivity contribution in [2.75, 3.05) is 22.7 Å². The summed E-state index contributed by atoms with van der Waals surface area (Å²) in [5, 5.41) is 7.07. The molecule has 1 aliphatic heterocycles. The van der Waals surface area contributed by atoms with Gasteiger partial charge in [-0.05, 0) is 74.6 Å². The zero-order valence-corrected chi connectivity index (χ0v) is 23.3. The van der Waals surface area contributed by atoms with Crippen molar-refractivity contribution in [3.63, 3.8) is 0 Å². The van der Waals surface area contributed by atoms with E-state index in [0.29, 0.717) is 24.8 Å². The predicted molar refractivity (Wildman–Crippen MR) is 129 cm³/mol. The molecule has 0 atom stereocenters. The van der Waals surface area contributed by atoms with Crippen LogP contribution in [-0.4, -0.2) is 54.3 Å². The van der Waals surface area contributed by atoms with Crippen LogP contribution in [-0.2, 0) is 42.9 Å².